The fourth-order valence-electron chi connectivity index (χ4n) is 9.29. The first-order chi connectivity index (χ1) is 31.6. The molecular weight excluding hydrogens is 1000 g/mol. The Labute approximate surface area is 406 Å². The summed E-state index contributed by atoms with van der Waals surface area (Å²) in [6, 6.07) is 56.6. The Morgan fingerprint density at radius 3 is 1.69 bits per heavy atom. The topological polar surface area (TPSA) is 53.7 Å². The minimum Gasteiger partial charge on any atom is -0.522 e. The number of ether oxygens (including phenoxy) is 1. The number of pyridine rings is 2. The fourth-order valence-corrected chi connectivity index (χ4v) is 9.29. The summed E-state index contributed by atoms with van der Waals surface area (Å²) in [7, 11) is 0. The van der Waals surface area contributed by atoms with Gasteiger partial charge >= 0.3 is 0 Å². The minimum atomic E-state index is -0.0783. The normalized spacial score (nSPS) is 12.4. The van der Waals surface area contributed by atoms with Crippen LogP contribution in [0.25, 0.3) is 77.7 Å². The molecule has 6 aromatic carbocycles. The first-order valence-electron chi connectivity index (χ1n) is 22.7. The first-order valence-corrected chi connectivity index (χ1v) is 22.7. The van der Waals surface area contributed by atoms with Crippen molar-refractivity contribution >= 4 is 54.6 Å². The van der Waals surface area contributed by atoms with Gasteiger partial charge < -0.3 is 13.9 Å². The maximum absolute atomic E-state index is 6.95. The molecule has 8 heteroatoms. The Morgan fingerprint density at radius 1 is 0.507 bits per heavy atom. The zero-order valence-corrected chi connectivity index (χ0v) is 41.6. The summed E-state index contributed by atoms with van der Waals surface area (Å²) in [6.45, 7) is 20.3. The van der Waals surface area contributed by atoms with Crippen molar-refractivity contribution in [2.45, 2.75) is 78.6 Å². The number of aromatic nitrogens is 6. The van der Waals surface area contributed by atoms with Crippen LogP contribution in [0.4, 0.5) is 0 Å². The average Bonchev–Trinajstić information content (AvgIpc) is 3.96. The molecule has 0 aliphatic carbocycles. The largest absolute Gasteiger partial charge is 0.522 e. The molecule has 0 unspecified atom stereocenters. The Kier molecular flexibility index (Phi) is 10.7. The summed E-state index contributed by atoms with van der Waals surface area (Å²) >= 11 is 0. The van der Waals surface area contributed by atoms with E-state index < -0.39 is 0 Å². The van der Waals surface area contributed by atoms with Crippen molar-refractivity contribution < 1.29 is 30.4 Å². The second-order valence-corrected chi connectivity index (χ2v) is 20.5. The summed E-state index contributed by atoms with van der Waals surface area (Å²) in [4.78, 5) is 9.87. The number of hydrogen-bond donors (Lipinski definition) is 0. The molecule has 5 aromatic heterocycles. The fraction of sp³-hybridized carbons (Fsp3) is 0.203. The molecule has 336 valence electrons. The summed E-state index contributed by atoms with van der Waals surface area (Å²) in [5.74, 6) is 2.42. The Bertz CT molecular complexity index is 3620. The monoisotopic (exact) mass is 1060 g/mol. The molecule has 0 fully saturated rings. The predicted octanol–water partition coefficient (Wildman–Crippen LogP) is 14.0. The second-order valence-electron chi connectivity index (χ2n) is 20.5. The second kappa shape index (κ2) is 16.2. The Balaban J connectivity index is 0.00000525. The van der Waals surface area contributed by atoms with E-state index in [0.717, 1.165) is 61.1 Å². The van der Waals surface area contributed by atoms with E-state index in [1.807, 2.05) is 16.8 Å². The van der Waals surface area contributed by atoms with Crippen molar-refractivity contribution in [2.75, 3.05) is 0 Å². The van der Waals surface area contributed by atoms with Gasteiger partial charge in [-0.15, -0.1) is 12.1 Å². The van der Waals surface area contributed by atoms with E-state index in [9.17, 15) is 0 Å². The van der Waals surface area contributed by atoms with Gasteiger partial charge in [-0.25, -0.2) is 4.98 Å². The van der Waals surface area contributed by atoms with E-state index in [2.05, 4.69) is 228 Å². The van der Waals surface area contributed by atoms with Gasteiger partial charge in [-0.05, 0) is 92.2 Å². The van der Waals surface area contributed by atoms with Crippen molar-refractivity contribution in [3.63, 3.8) is 0 Å². The minimum absolute atomic E-state index is 0. The quantitative estimate of drug-likeness (QED) is 0.123. The third kappa shape index (κ3) is 7.64. The molecule has 0 bridgehead atoms. The number of para-hydroxylation sites is 5. The molecule has 0 atom stereocenters. The SMILES string of the molecule is CC(C)(C)c1cc(-[n+]2[c-]n(-c3[c-]c(Oc4[c-]c5c(c(-n6c7ccccc7c7ccccc76)c4)c4ccccc4n5-c4cc(C(C)(C)C)ccn4)ccn3)c3ccccc32)cc(C(C)(C)C)c1.[Pt]. The molecule has 67 heavy (non-hydrogen) atoms. The summed E-state index contributed by atoms with van der Waals surface area (Å²) in [5, 5.41) is 4.51. The van der Waals surface area contributed by atoms with Gasteiger partial charge in [-0.2, -0.15) is 12.1 Å². The summed E-state index contributed by atoms with van der Waals surface area (Å²) in [5.41, 5.74) is 11.7. The third-order valence-corrected chi connectivity index (χ3v) is 12.9. The number of nitrogens with zero attached hydrogens (tertiary/aromatic N) is 6. The van der Waals surface area contributed by atoms with Gasteiger partial charge in [0.05, 0.1) is 33.6 Å². The van der Waals surface area contributed by atoms with Crippen LogP contribution in [0.1, 0.15) is 79.0 Å². The molecule has 0 amide bonds. The number of rotatable bonds is 6. The Morgan fingerprint density at radius 2 is 1.06 bits per heavy atom. The smallest absolute Gasteiger partial charge is 0.269 e. The van der Waals surface area contributed by atoms with Gasteiger partial charge in [0.1, 0.15) is 5.82 Å². The third-order valence-electron chi connectivity index (χ3n) is 12.9. The number of imidazole rings is 1. The maximum Gasteiger partial charge on any atom is 0.269 e. The molecule has 0 N–H and O–H groups in total. The van der Waals surface area contributed by atoms with Gasteiger partial charge in [-0.3, -0.25) is 14.1 Å². The Hall–Kier alpha value is -6.82. The summed E-state index contributed by atoms with van der Waals surface area (Å²) in [6.07, 6.45) is 7.36. The van der Waals surface area contributed by atoms with E-state index in [1.165, 1.54) is 27.5 Å². The van der Waals surface area contributed by atoms with Crippen LogP contribution in [0.5, 0.6) is 11.5 Å². The molecule has 7 nitrogen and oxygen atoms in total. The molecule has 0 saturated heterocycles. The van der Waals surface area contributed by atoms with Crippen LogP contribution in [-0.4, -0.2) is 23.7 Å². The van der Waals surface area contributed by atoms with Gasteiger partial charge in [0.15, 0.2) is 0 Å². The summed E-state index contributed by atoms with van der Waals surface area (Å²) < 4.78 is 15.7. The van der Waals surface area contributed by atoms with Crippen LogP contribution in [0.15, 0.2) is 152 Å². The van der Waals surface area contributed by atoms with Crippen LogP contribution in [0.3, 0.4) is 0 Å². The van der Waals surface area contributed by atoms with Gasteiger partial charge in [0, 0.05) is 49.3 Å². The van der Waals surface area contributed by atoms with Gasteiger partial charge in [0.25, 0.3) is 6.33 Å². The van der Waals surface area contributed by atoms with Crippen molar-refractivity contribution in [1.29, 1.82) is 0 Å². The number of fused-ring (bicyclic) bond motifs is 7. The average molecular weight is 1060 g/mol. The molecule has 11 rings (SSSR count). The van der Waals surface area contributed by atoms with Crippen LogP contribution in [0, 0.1) is 18.5 Å². The molecule has 0 aliphatic heterocycles. The van der Waals surface area contributed by atoms with E-state index in [-0.39, 0.29) is 37.3 Å². The zero-order chi connectivity index (χ0) is 45.7. The van der Waals surface area contributed by atoms with E-state index in [1.54, 1.807) is 6.20 Å². The molecule has 11 aromatic rings. The van der Waals surface area contributed by atoms with Gasteiger partial charge in [0.2, 0.25) is 0 Å². The van der Waals surface area contributed by atoms with Crippen molar-refractivity contribution in [3.8, 4) is 34.5 Å². The zero-order valence-electron chi connectivity index (χ0n) is 39.3. The molecule has 0 aliphatic rings. The number of benzene rings is 6. The van der Waals surface area contributed by atoms with Crippen LogP contribution >= 0.6 is 0 Å². The molecular formula is C59H52N6OPt-2. The first kappa shape index (κ1) is 44.0. The van der Waals surface area contributed by atoms with E-state index >= 15 is 0 Å². The number of hydrogen-bond acceptors (Lipinski definition) is 3. The van der Waals surface area contributed by atoms with Crippen LogP contribution in [-0.2, 0) is 37.3 Å². The maximum atomic E-state index is 6.95. The van der Waals surface area contributed by atoms with E-state index in [0.29, 0.717) is 17.3 Å². The van der Waals surface area contributed by atoms with E-state index in [4.69, 9.17) is 14.7 Å². The van der Waals surface area contributed by atoms with Crippen LogP contribution < -0.4 is 9.30 Å². The molecule has 0 spiro atoms. The van der Waals surface area contributed by atoms with Crippen molar-refractivity contribution in [2.24, 2.45) is 0 Å². The van der Waals surface area contributed by atoms with Crippen molar-refractivity contribution in [1.82, 2.24) is 23.7 Å². The molecule has 5 heterocycles. The van der Waals surface area contributed by atoms with Crippen LogP contribution in [0.2, 0.25) is 0 Å². The van der Waals surface area contributed by atoms with Crippen molar-refractivity contribution in [3.05, 3.63) is 187 Å². The molecule has 0 radical (unpaired) electrons. The predicted molar refractivity (Wildman–Crippen MR) is 268 cm³/mol. The molecule has 0 saturated carbocycles. The van der Waals surface area contributed by atoms with Gasteiger partial charge in [-0.1, -0.05) is 164 Å². The standard InChI is InChI=1S/C59H52N6O.Pt/c1-57(2,3)38-26-28-61-55(33-38)65-49-23-15-12-20-46(49)56-52(64-47-21-13-10-18-44(47)45-19-11-14-22-48(45)64)34-43(35-53(56)65)66-42-27-29-60-54(36-42)63-37-62(50-24-16-17-25-51(50)63)41-31-39(58(4,5)6)30-40(32-41)59(7,8)9;/h10-34H,1-9H3;/q-2;.